The lowest BCUT2D eigenvalue weighted by Gasteiger charge is -2.12. The summed E-state index contributed by atoms with van der Waals surface area (Å²) >= 11 is 8.07. The zero-order chi connectivity index (χ0) is 14.1. The summed E-state index contributed by atoms with van der Waals surface area (Å²) in [4.78, 5) is 9.89. The molecule has 0 radical (unpaired) electrons. The fourth-order valence-electron chi connectivity index (χ4n) is 2.22. The topological polar surface area (TPSA) is 37.8 Å². The van der Waals surface area contributed by atoms with Gasteiger partial charge in [-0.2, -0.15) is 0 Å². The normalized spacial score (nSPS) is 10.9. The van der Waals surface area contributed by atoms with Crippen LogP contribution in [0.5, 0.6) is 0 Å². The molecule has 3 rings (SSSR count). The number of thiazole rings is 1. The fraction of sp³-hybridized carbons (Fsp3) is 0.200. The van der Waals surface area contributed by atoms with E-state index in [4.69, 9.17) is 11.6 Å². The molecule has 1 N–H and O–H groups in total. The van der Waals surface area contributed by atoms with Crippen molar-refractivity contribution in [1.29, 1.82) is 0 Å². The van der Waals surface area contributed by atoms with Gasteiger partial charge in [0.05, 0.1) is 27.8 Å². The van der Waals surface area contributed by atoms with E-state index in [-0.39, 0.29) is 0 Å². The van der Waals surface area contributed by atoms with E-state index < -0.39 is 0 Å². The van der Waals surface area contributed by atoms with E-state index in [0.717, 1.165) is 38.7 Å². The quantitative estimate of drug-likeness (QED) is 0.770. The molecule has 0 saturated carbocycles. The van der Waals surface area contributed by atoms with E-state index in [1.165, 1.54) is 4.88 Å². The number of hydrogen-bond donors (Lipinski definition) is 1. The van der Waals surface area contributed by atoms with Crippen LogP contribution in [0.4, 0.5) is 5.69 Å². The van der Waals surface area contributed by atoms with E-state index in [2.05, 4.69) is 15.3 Å². The van der Waals surface area contributed by atoms with Gasteiger partial charge < -0.3 is 5.32 Å². The third-order valence-electron chi connectivity index (χ3n) is 3.14. The van der Waals surface area contributed by atoms with Gasteiger partial charge in [-0.05, 0) is 37.6 Å². The van der Waals surface area contributed by atoms with Crippen LogP contribution in [0.15, 0.2) is 30.6 Å². The van der Waals surface area contributed by atoms with Crippen LogP contribution in [0.3, 0.4) is 0 Å². The average Bonchev–Trinajstić information content (AvgIpc) is 2.84. The minimum absolute atomic E-state index is 0.721. The Labute approximate surface area is 126 Å². The number of fused-ring (bicyclic) bond motifs is 1. The Morgan fingerprint density at radius 3 is 2.90 bits per heavy atom. The summed E-state index contributed by atoms with van der Waals surface area (Å²) in [6.45, 7) is 4.75. The summed E-state index contributed by atoms with van der Waals surface area (Å²) in [5, 5.41) is 6.26. The highest BCUT2D eigenvalue weighted by Gasteiger charge is 2.10. The monoisotopic (exact) mass is 303 g/mol. The van der Waals surface area contributed by atoms with Gasteiger partial charge in [0.2, 0.25) is 0 Å². The maximum Gasteiger partial charge on any atom is 0.0897 e. The molecule has 5 heteroatoms. The molecular weight excluding hydrogens is 290 g/mol. The molecule has 3 aromatic rings. The van der Waals surface area contributed by atoms with Gasteiger partial charge in [-0.1, -0.05) is 11.6 Å². The van der Waals surface area contributed by atoms with E-state index in [0.29, 0.717) is 0 Å². The van der Waals surface area contributed by atoms with Crippen molar-refractivity contribution in [2.45, 2.75) is 20.4 Å². The van der Waals surface area contributed by atoms with Crippen LogP contribution in [0.1, 0.15) is 15.4 Å². The highest BCUT2D eigenvalue weighted by molar-refractivity contribution is 7.11. The molecule has 2 heterocycles. The zero-order valence-electron chi connectivity index (χ0n) is 11.3. The SMILES string of the molecule is Cc1ncc(CNc2c(Cl)cc(C)c3ncccc23)s1. The molecule has 3 nitrogen and oxygen atoms in total. The van der Waals surface area contributed by atoms with E-state index in [1.54, 1.807) is 17.5 Å². The second-order valence-corrected chi connectivity index (χ2v) is 6.38. The molecule has 0 bridgehead atoms. The Balaban J connectivity index is 1.98. The van der Waals surface area contributed by atoms with E-state index in [9.17, 15) is 0 Å². The first-order valence-electron chi connectivity index (χ1n) is 6.34. The summed E-state index contributed by atoms with van der Waals surface area (Å²) in [7, 11) is 0. The Bertz CT molecular complexity index is 767. The number of rotatable bonds is 3. The standard InChI is InChI=1S/C15H14ClN3S/c1-9-6-13(16)15(12-4-3-5-17-14(9)12)19-8-11-7-18-10(2)20-11/h3-7,19H,8H2,1-2H3. The van der Waals surface area contributed by atoms with Gasteiger partial charge >= 0.3 is 0 Å². The van der Waals surface area contributed by atoms with Crippen LogP contribution >= 0.6 is 22.9 Å². The van der Waals surface area contributed by atoms with Crippen LogP contribution in [0, 0.1) is 13.8 Å². The molecule has 0 unspecified atom stereocenters. The predicted molar refractivity (Wildman–Crippen MR) is 85.7 cm³/mol. The first-order valence-corrected chi connectivity index (χ1v) is 7.53. The Morgan fingerprint density at radius 2 is 2.15 bits per heavy atom. The highest BCUT2D eigenvalue weighted by Crippen LogP contribution is 2.33. The van der Waals surface area contributed by atoms with E-state index in [1.807, 2.05) is 38.2 Å². The van der Waals surface area contributed by atoms with Crippen LogP contribution in [-0.2, 0) is 6.54 Å². The van der Waals surface area contributed by atoms with Crippen molar-refractivity contribution in [1.82, 2.24) is 9.97 Å². The molecule has 102 valence electrons. The lowest BCUT2D eigenvalue weighted by molar-refractivity contribution is 1.17. The number of halogens is 1. The number of pyridine rings is 1. The number of aromatic nitrogens is 2. The number of anilines is 1. The number of nitrogens with zero attached hydrogens (tertiary/aromatic N) is 2. The van der Waals surface area contributed by atoms with Crippen molar-refractivity contribution in [2.24, 2.45) is 0 Å². The number of benzene rings is 1. The third-order valence-corrected chi connectivity index (χ3v) is 4.35. The largest absolute Gasteiger partial charge is 0.378 e. The van der Waals surface area contributed by atoms with Crippen LogP contribution < -0.4 is 5.32 Å². The minimum Gasteiger partial charge on any atom is -0.378 e. The van der Waals surface area contributed by atoms with Crippen molar-refractivity contribution in [3.8, 4) is 0 Å². The van der Waals surface area contributed by atoms with Gasteiger partial charge in [0.15, 0.2) is 0 Å². The summed E-state index contributed by atoms with van der Waals surface area (Å²) in [5.74, 6) is 0. The molecule has 0 aliphatic rings. The minimum atomic E-state index is 0.721. The van der Waals surface area contributed by atoms with Crippen molar-refractivity contribution in [3.05, 3.63) is 51.1 Å². The molecule has 1 aromatic carbocycles. The van der Waals surface area contributed by atoms with Gasteiger partial charge in [-0.3, -0.25) is 4.98 Å². The highest BCUT2D eigenvalue weighted by atomic mass is 35.5. The maximum atomic E-state index is 6.38. The molecule has 0 spiro atoms. The first-order chi connectivity index (χ1) is 9.65. The Hall–Kier alpha value is -1.65. The van der Waals surface area contributed by atoms with Gasteiger partial charge in [0, 0.05) is 22.7 Å². The molecule has 0 amide bonds. The van der Waals surface area contributed by atoms with Crippen LogP contribution in [0.25, 0.3) is 10.9 Å². The molecule has 0 aliphatic carbocycles. The summed E-state index contributed by atoms with van der Waals surface area (Å²) in [6, 6.07) is 5.93. The molecule has 0 atom stereocenters. The molecule has 0 aliphatic heterocycles. The third kappa shape index (κ3) is 2.49. The predicted octanol–water partition coefficient (Wildman–Crippen LogP) is 4.57. The lowest BCUT2D eigenvalue weighted by atomic mass is 10.1. The molecule has 20 heavy (non-hydrogen) atoms. The van der Waals surface area contributed by atoms with Gasteiger partial charge in [0.1, 0.15) is 0 Å². The zero-order valence-corrected chi connectivity index (χ0v) is 12.8. The molecule has 0 fully saturated rings. The van der Waals surface area contributed by atoms with Crippen molar-refractivity contribution in [3.63, 3.8) is 0 Å². The molecule has 0 saturated heterocycles. The van der Waals surface area contributed by atoms with Gasteiger partial charge in [-0.25, -0.2) is 4.98 Å². The smallest absolute Gasteiger partial charge is 0.0897 e. The lowest BCUT2D eigenvalue weighted by Crippen LogP contribution is -2.00. The second-order valence-electron chi connectivity index (χ2n) is 4.65. The summed E-state index contributed by atoms with van der Waals surface area (Å²) in [5.41, 5.74) is 3.01. The maximum absolute atomic E-state index is 6.38. The Morgan fingerprint density at radius 1 is 1.30 bits per heavy atom. The molecule has 2 aromatic heterocycles. The van der Waals surface area contributed by atoms with Gasteiger partial charge in [-0.15, -0.1) is 11.3 Å². The Kier molecular flexibility index (Phi) is 3.59. The summed E-state index contributed by atoms with van der Waals surface area (Å²) in [6.07, 6.45) is 3.70. The first kappa shape index (κ1) is 13.3. The second kappa shape index (κ2) is 5.38. The van der Waals surface area contributed by atoms with Crippen LogP contribution in [0.2, 0.25) is 5.02 Å². The van der Waals surface area contributed by atoms with Crippen LogP contribution in [-0.4, -0.2) is 9.97 Å². The fourth-order valence-corrected chi connectivity index (χ4v) is 3.29. The van der Waals surface area contributed by atoms with Crippen molar-refractivity contribution < 1.29 is 0 Å². The van der Waals surface area contributed by atoms with Gasteiger partial charge in [0.25, 0.3) is 0 Å². The number of nitrogens with one attached hydrogen (secondary N) is 1. The number of hydrogen-bond acceptors (Lipinski definition) is 4. The summed E-state index contributed by atoms with van der Waals surface area (Å²) < 4.78 is 0. The van der Waals surface area contributed by atoms with Crippen molar-refractivity contribution in [2.75, 3.05) is 5.32 Å². The van der Waals surface area contributed by atoms with E-state index >= 15 is 0 Å². The average molecular weight is 304 g/mol. The number of aryl methyl sites for hydroxylation is 2. The molecular formula is C15H14ClN3S. The van der Waals surface area contributed by atoms with Crippen molar-refractivity contribution >= 4 is 39.5 Å².